The fourth-order valence-corrected chi connectivity index (χ4v) is 2.53. The minimum absolute atomic E-state index is 0.0662. The van der Waals surface area contributed by atoms with Gasteiger partial charge in [0.05, 0.1) is 6.10 Å². The highest BCUT2D eigenvalue weighted by Crippen LogP contribution is 2.20. The standard InChI is InChI=1S/C16H21NO4/c18-15(11-21-13-8-4-5-9-13)17-14(16(19)20)10-12-6-2-1-3-7-12/h1-3,6-7,13-14H,4-5,8-11H2,(H,17,18)(H,19,20)/t14-/m1/s1. The van der Waals surface area contributed by atoms with Crippen molar-refractivity contribution in [3.63, 3.8) is 0 Å². The van der Waals surface area contributed by atoms with Crippen LogP contribution in [0.5, 0.6) is 0 Å². The van der Waals surface area contributed by atoms with E-state index in [4.69, 9.17) is 4.74 Å². The topological polar surface area (TPSA) is 75.6 Å². The molecule has 2 N–H and O–H groups in total. The van der Waals surface area contributed by atoms with E-state index >= 15 is 0 Å². The maximum atomic E-state index is 11.8. The van der Waals surface area contributed by atoms with Crippen LogP contribution in [-0.4, -0.2) is 35.7 Å². The summed E-state index contributed by atoms with van der Waals surface area (Å²) < 4.78 is 5.49. The van der Waals surface area contributed by atoms with E-state index in [1.54, 1.807) is 0 Å². The van der Waals surface area contributed by atoms with E-state index in [1.165, 1.54) is 0 Å². The van der Waals surface area contributed by atoms with E-state index in [0.717, 1.165) is 31.2 Å². The molecule has 0 aliphatic heterocycles. The molecular formula is C16H21NO4. The predicted octanol–water partition coefficient (Wildman–Crippen LogP) is 1.76. The van der Waals surface area contributed by atoms with Crippen molar-refractivity contribution in [2.75, 3.05) is 6.61 Å². The van der Waals surface area contributed by atoms with Gasteiger partial charge in [-0.3, -0.25) is 4.79 Å². The molecule has 1 atom stereocenters. The maximum absolute atomic E-state index is 11.8. The summed E-state index contributed by atoms with van der Waals surface area (Å²) in [7, 11) is 0. The Morgan fingerprint density at radius 3 is 2.52 bits per heavy atom. The molecule has 1 aromatic rings. The molecule has 0 spiro atoms. The van der Waals surface area contributed by atoms with Crippen molar-refractivity contribution in [3.05, 3.63) is 35.9 Å². The molecule has 0 heterocycles. The normalized spacial score (nSPS) is 16.6. The molecule has 5 heteroatoms. The average molecular weight is 291 g/mol. The number of amides is 1. The number of aliphatic carboxylic acids is 1. The van der Waals surface area contributed by atoms with Crippen LogP contribution in [-0.2, 0) is 20.7 Å². The van der Waals surface area contributed by atoms with Crippen molar-refractivity contribution < 1.29 is 19.4 Å². The molecule has 1 aliphatic carbocycles. The van der Waals surface area contributed by atoms with Gasteiger partial charge in [-0.1, -0.05) is 43.2 Å². The van der Waals surface area contributed by atoms with E-state index in [2.05, 4.69) is 5.32 Å². The monoisotopic (exact) mass is 291 g/mol. The molecule has 1 fully saturated rings. The molecule has 1 aromatic carbocycles. The average Bonchev–Trinajstić information content (AvgIpc) is 2.99. The van der Waals surface area contributed by atoms with Gasteiger partial charge < -0.3 is 15.2 Å². The van der Waals surface area contributed by atoms with Crippen LogP contribution in [0, 0.1) is 0 Å². The minimum atomic E-state index is -1.03. The third kappa shape index (κ3) is 5.19. The van der Waals surface area contributed by atoms with Crippen molar-refractivity contribution in [3.8, 4) is 0 Å². The smallest absolute Gasteiger partial charge is 0.326 e. The van der Waals surface area contributed by atoms with Crippen LogP contribution in [0.15, 0.2) is 30.3 Å². The number of carbonyl (C=O) groups excluding carboxylic acids is 1. The summed E-state index contributed by atoms with van der Waals surface area (Å²) in [5.74, 6) is -1.40. The van der Waals surface area contributed by atoms with Crippen LogP contribution in [0.2, 0.25) is 0 Å². The van der Waals surface area contributed by atoms with Crippen molar-refractivity contribution in [1.82, 2.24) is 5.32 Å². The zero-order valence-corrected chi connectivity index (χ0v) is 12.0. The number of rotatable bonds is 7. The molecule has 5 nitrogen and oxygen atoms in total. The highest BCUT2D eigenvalue weighted by molar-refractivity contribution is 5.84. The first-order valence-electron chi connectivity index (χ1n) is 7.33. The summed E-state index contributed by atoms with van der Waals surface area (Å²) in [6, 6.07) is 8.33. The van der Waals surface area contributed by atoms with Crippen molar-refractivity contribution in [2.24, 2.45) is 0 Å². The van der Waals surface area contributed by atoms with Gasteiger partial charge in [-0.15, -0.1) is 0 Å². The van der Waals surface area contributed by atoms with E-state index in [1.807, 2.05) is 30.3 Å². The first-order valence-corrected chi connectivity index (χ1v) is 7.33. The van der Waals surface area contributed by atoms with Crippen LogP contribution >= 0.6 is 0 Å². The fraction of sp³-hybridized carbons (Fsp3) is 0.500. The molecule has 114 valence electrons. The van der Waals surface area contributed by atoms with Gasteiger partial charge in [0.25, 0.3) is 0 Å². The SMILES string of the molecule is O=C(COC1CCCC1)N[C@H](Cc1ccccc1)C(=O)O. The van der Waals surface area contributed by atoms with E-state index in [9.17, 15) is 14.7 Å². The quantitative estimate of drug-likeness (QED) is 0.802. The van der Waals surface area contributed by atoms with Gasteiger partial charge in [-0.2, -0.15) is 0 Å². The molecule has 1 aliphatic rings. The molecule has 0 aromatic heterocycles. The van der Waals surface area contributed by atoms with Crippen LogP contribution in [0.1, 0.15) is 31.2 Å². The Labute approximate surface area is 124 Å². The van der Waals surface area contributed by atoms with Crippen molar-refractivity contribution in [1.29, 1.82) is 0 Å². The zero-order valence-electron chi connectivity index (χ0n) is 12.0. The molecule has 0 saturated heterocycles. The maximum Gasteiger partial charge on any atom is 0.326 e. The molecular weight excluding hydrogens is 270 g/mol. The number of benzene rings is 1. The Bertz CT molecular complexity index is 468. The highest BCUT2D eigenvalue weighted by Gasteiger charge is 2.22. The van der Waals surface area contributed by atoms with Gasteiger partial charge in [-0.05, 0) is 18.4 Å². The number of carbonyl (C=O) groups is 2. The molecule has 2 rings (SSSR count). The number of hydrogen-bond donors (Lipinski definition) is 2. The number of carboxylic acids is 1. The van der Waals surface area contributed by atoms with Crippen molar-refractivity contribution >= 4 is 11.9 Å². The lowest BCUT2D eigenvalue weighted by Gasteiger charge is -2.16. The van der Waals surface area contributed by atoms with Crippen LogP contribution in [0.4, 0.5) is 0 Å². The third-order valence-electron chi connectivity index (χ3n) is 3.67. The van der Waals surface area contributed by atoms with Gasteiger partial charge >= 0.3 is 5.97 Å². The summed E-state index contributed by atoms with van der Waals surface area (Å²) in [5, 5.41) is 11.7. The largest absolute Gasteiger partial charge is 0.480 e. The molecule has 1 saturated carbocycles. The summed E-state index contributed by atoms with van der Waals surface area (Å²) >= 11 is 0. The minimum Gasteiger partial charge on any atom is -0.480 e. The first-order chi connectivity index (χ1) is 10.1. The van der Waals surface area contributed by atoms with Gasteiger partial charge in [0.1, 0.15) is 12.6 Å². The second-order valence-corrected chi connectivity index (χ2v) is 5.37. The predicted molar refractivity (Wildman–Crippen MR) is 77.9 cm³/mol. The summed E-state index contributed by atoms with van der Waals surface area (Å²) in [4.78, 5) is 23.0. The molecule has 0 bridgehead atoms. The first kappa shape index (κ1) is 15.5. The second kappa shape index (κ2) is 7.78. The Morgan fingerprint density at radius 1 is 1.24 bits per heavy atom. The van der Waals surface area contributed by atoms with Crippen LogP contribution < -0.4 is 5.32 Å². The van der Waals surface area contributed by atoms with Gasteiger partial charge in [0, 0.05) is 6.42 Å². The van der Waals surface area contributed by atoms with Gasteiger partial charge in [0.15, 0.2) is 0 Å². The lowest BCUT2D eigenvalue weighted by Crippen LogP contribution is -2.44. The molecule has 0 unspecified atom stereocenters. The van der Waals surface area contributed by atoms with E-state index < -0.39 is 12.0 Å². The summed E-state index contributed by atoms with van der Waals surface area (Å²) in [6.07, 6.45) is 4.66. The van der Waals surface area contributed by atoms with E-state index in [0.29, 0.717) is 0 Å². The fourth-order valence-electron chi connectivity index (χ4n) is 2.53. The summed E-state index contributed by atoms with van der Waals surface area (Å²) in [6.45, 7) is -0.0662. The Balaban J connectivity index is 1.81. The molecule has 1 amide bonds. The zero-order chi connectivity index (χ0) is 15.1. The number of carboxylic acid groups (broad SMARTS) is 1. The van der Waals surface area contributed by atoms with E-state index in [-0.39, 0.29) is 25.0 Å². The number of ether oxygens (including phenoxy) is 1. The highest BCUT2D eigenvalue weighted by atomic mass is 16.5. The Kier molecular flexibility index (Phi) is 5.75. The third-order valence-corrected chi connectivity index (χ3v) is 3.67. The lowest BCUT2D eigenvalue weighted by molar-refractivity contribution is -0.142. The Hall–Kier alpha value is -1.88. The Morgan fingerprint density at radius 2 is 1.90 bits per heavy atom. The molecule has 21 heavy (non-hydrogen) atoms. The van der Waals surface area contributed by atoms with Crippen molar-refractivity contribution in [2.45, 2.75) is 44.2 Å². The van der Waals surface area contributed by atoms with Crippen LogP contribution in [0.25, 0.3) is 0 Å². The van der Waals surface area contributed by atoms with Gasteiger partial charge in [0.2, 0.25) is 5.91 Å². The van der Waals surface area contributed by atoms with Crippen LogP contribution in [0.3, 0.4) is 0 Å². The number of hydrogen-bond acceptors (Lipinski definition) is 3. The number of nitrogens with one attached hydrogen (secondary N) is 1. The van der Waals surface area contributed by atoms with Gasteiger partial charge in [-0.25, -0.2) is 4.79 Å². The lowest BCUT2D eigenvalue weighted by atomic mass is 10.1. The summed E-state index contributed by atoms with van der Waals surface area (Å²) in [5.41, 5.74) is 0.877. The second-order valence-electron chi connectivity index (χ2n) is 5.37. The molecule has 0 radical (unpaired) electrons.